The summed E-state index contributed by atoms with van der Waals surface area (Å²) in [6.45, 7) is 11.4. The molecule has 1 unspecified atom stereocenters. The molecule has 0 spiro atoms. The van der Waals surface area contributed by atoms with E-state index in [1.165, 1.54) is 54.4 Å². The predicted octanol–water partition coefficient (Wildman–Crippen LogP) is 7.03. The number of hydrogen-bond acceptors (Lipinski definition) is 0. The van der Waals surface area contributed by atoms with Gasteiger partial charge in [0.2, 0.25) is 0 Å². The van der Waals surface area contributed by atoms with Gasteiger partial charge in [0.25, 0.3) is 5.65 Å². The van der Waals surface area contributed by atoms with Crippen LogP contribution in [-0.2, 0) is 11.0 Å². The molecule has 0 amide bonds. The zero-order valence-electron chi connectivity index (χ0n) is 18.7. The van der Waals surface area contributed by atoms with Crippen LogP contribution in [0.1, 0.15) is 26.3 Å². The molecular formula is C30H25N2+. The lowest BCUT2D eigenvalue weighted by Crippen LogP contribution is -2.64. The van der Waals surface area contributed by atoms with Crippen molar-refractivity contribution >= 4 is 48.9 Å². The molecule has 0 N–H and O–H groups in total. The molecule has 4 aromatic carbocycles. The van der Waals surface area contributed by atoms with Gasteiger partial charge in [-0.1, -0.05) is 69.0 Å². The van der Waals surface area contributed by atoms with Gasteiger partial charge in [-0.25, -0.2) is 4.57 Å². The number of pyridine rings is 1. The fraction of sp³-hybridized carbons (Fsp3) is 0.167. The van der Waals surface area contributed by atoms with Gasteiger partial charge in [0.1, 0.15) is 23.4 Å². The molecule has 1 atom stereocenters. The van der Waals surface area contributed by atoms with Gasteiger partial charge in [-0.2, -0.15) is 4.40 Å². The summed E-state index contributed by atoms with van der Waals surface area (Å²) in [4.78, 5) is 0. The maximum absolute atomic E-state index is 4.31. The van der Waals surface area contributed by atoms with Gasteiger partial charge in [-0.05, 0) is 58.3 Å². The standard InChI is InChI=1S/C30H25N2/c1-5-30(4)29(2,3)27-22-13-9-8-12-21(22)17-24-23-16-19-10-6-7-11-20(19)18-25(23)31-14-15-32(30)28(31)26(24)27/h5-18H,1H2,2-4H3/q+1. The molecule has 32 heavy (non-hydrogen) atoms. The topological polar surface area (TPSA) is 8.29 Å². The quantitative estimate of drug-likeness (QED) is 0.118. The Balaban J connectivity index is 1.89. The highest BCUT2D eigenvalue weighted by Crippen LogP contribution is 2.50. The van der Waals surface area contributed by atoms with Crippen LogP contribution >= 0.6 is 0 Å². The number of rotatable bonds is 1. The summed E-state index contributed by atoms with van der Waals surface area (Å²) in [7, 11) is 0. The van der Waals surface area contributed by atoms with Gasteiger partial charge in [0, 0.05) is 16.2 Å². The van der Waals surface area contributed by atoms with Crippen LogP contribution in [0.5, 0.6) is 0 Å². The summed E-state index contributed by atoms with van der Waals surface area (Å²) in [5.41, 5.74) is 3.53. The van der Waals surface area contributed by atoms with E-state index in [2.05, 4.69) is 122 Å². The number of imidazole rings is 1. The molecule has 154 valence electrons. The Morgan fingerprint density at radius 2 is 1.47 bits per heavy atom. The minimum absolute atomic E-state index is 0.141. The van der Waals surface area contributed by atoms with Crippen LogP contribution in [0.2, 0.25) is 0 Å². The van der Waals surface area contributed by atoms with Crippen molar-refractivity contribution in [1.82, 2.24) is 4.40 Å². The number of aromatic nitrogens is 2. The van der Waals surface area contributed by atoms with Crippen LogP contribution in [0.3, 0.4) is 0 Å². The van der Waals surface area contributed by atoms with Gasteiger partial charge in [-0.15, -0.1) is 0 Å². The Bertz CT molecular complexity index is 1780. The first-order chi connectivity index (χ1) is 15.5. The van der Waals surface area contributed by atoms with E-state index in [4.69, 9.17) is 0 Å². The molecular weight excluding hydrogens is 388 g/mol. The highest BCUT2D eigenvalue weighted by Gasteiger charge is 2.52. The largest absolute Gasteiger partial charge is 0.295 e. The molecule has 0 radical (unpaired) electrons. The normalized spacial score (nSPS) is 19.6. The second-order valence-electron chi connectivity index (χ2n) is 9.95. The van der Waals surface area contributed by atoms with E-state index < -0.39 is 0 Å². The van der Waals surface area contributed by atoms with Gasteiger partial charge < -0.3 is 0 Å². The van der Waals surface area contributed by atoms with Crippen molar-refractivity contribution in [3.63, 3.8) is 0 Å². The van der Waals surface area contributed by atoms with Gasteiger partial charge >= 0.3 is 0 Å². The van der Waals surface area contributed by atoms with Crippen molar-refractivity contribution in [3.05, 3.63) is 97.3 Å². The number of nitrogens with zero attached hydrogens (tertiary/aromatic N) is 2. The summed E-state index contributed by atoms with van der Waals surface area (Å²) in [5.74, 6) is 0. The third-order valence-corrected chi connectivity index (χ3v) is 8.30. The highest BCUT2D eigenvalue weighted by molar-refractivity contribution is 6.20. The summed E-state index contributed by atoms with van der Waals surface area (Å²) in [6.07, 6.45) is 6.60. The minimum Gasteiger partial charge on any atom is -0.220 e. The molecule has 1 aliphatic rings. The zero-order chi connectivity index (χ0) is 21.8. The van der Waals surface area contributed by atoms with Crippen molar-refractivity contribution in [2.45, 2.75) is 31.7 Å². The summed E-state index contributed by atoms with van der Waals surface area (Å²) in [6, 6.07) is 24.6. The van der Waals surface area contributed by atoms with Crippen LogP contribution in [0.15, 0.2) is 91.8 Å². The summed E-state index contributed by atoms with van der Waals surface area (Å²) < 4.78 is 4.83. The Morgan fingerprint density at radius 1 is 0.812 bits per heavy atom. The molecule has 3 heterocycles. The third-order valence-electron chi connectivity index (χ3n) is 8.30. The molecule has 2 nitrogen and oxygen atoms in total. The van der Waals surface area contributed by atoms with Crippen molar-refractivity contribution in [2.75, 3.05) is 0 Å². The summed E-state index contributed by atoms with van der Waals surface area (Å²) >= 11 is 0. The number of hydrogen-bond donors (Lipinski definition) is 0. The Labute approximate surface area is 187 Å². The van der Waals surface area contributed by atoms with Crippen LogP contribution in [-0.4, -0.2) is 4.40 Å². The number of fused-ring (bicyclic) bond motifs is 6. The van der Waals surface area contributed by atoms with Crippen molar-refractivity contribution in [2.24, 2.45) is 0 Å². The van der Waals surface area contributed by atoms with Crippen molar-refractivity contribution < 1.29 is 4.57 Å². The van der Waals surface area contributed by atoms with Crippen LogP contribution in [0.25, 0.3) is 48.9 Å². The van der Waals surface area contributed by atoms with Crippen LogP contribution < -0.4 is 4.57 Å². The second-order valence-corrected chi connectivity index (χ2v) is 9.95. The molecule has 0 saturated carbocycles. The molecule has 0 saturated heterocycles. The maximum atomic E-state index is 4.31. The average molecular weight is 414 g/mol. The Morgan fingerprint density at radius 3 is 2.22 bits per heavy atom. The summed E-state index contributed by atoms with van der Waals surface area (Å²) in [5, 5.41) is 9.19. The monoisotopic (exact) mass is 413 g/mol. The molecule has 2 aromatic heterocycles. The number of benzene rings is 4. The fourth-order valence-corrected chi connectivity index (χ4v) is 6.19. The van der Waals surface area contributed by atoms with E-state index in [0.29, 0.717) is 0 Å². The van der Waals surface area contributed by atoms with Gasteiger partial charge in [0.05, 0.1) is 5.39 Å². The van der Waals surface area contributed by atoms with E-state index in [1.807, 2.05) is 0 Å². The average Bonchev–Trinajstić information content (AvgIpc) is 3.26. The third kappa shape index (κ3) is 1.86. The highest BCUT2D eigenvalue weighted by atomic mass is 15.2. The van der Waals surface area contributed by atoms with Gasteiger partial charge in [-0.3, -0.25) is 0 Å². The van der Waals surface area contributed by atoms with E-state index in [-0.39, 0.29) is 11.0 Å². The molecule has 0 aliphatic carbocycles. The first-order valence-electron chi connectivity index (χ1n) is 11.3. The van der Waals surface area contributed by atoms with E-state index in [9.17, 15) is 0 Å². The first kappa shape index (κ1) is 18.0. The molecule has 6 aromatic rings. The SMILES string of the molecule is C=CC1(C)[n+]2ccn3c4cc5ccccc5cc4c4cc5ccccc5c(c4c32)C1(C)C. The molecule has 2 heteroatoms. The smallest absolute Gasteiger partial charge is 0.220 e. The molecule has 1 aliphatic heterocycles. The first-order valence-corrected chi connectivity index (χ1v) is 11.3. The molecule has 7 rings (SSSR count). The molecule has 0 fully saturated rings. The lowest BCUT2D eigenvalue weighted by atomic mass is 9.64. The van der Waals surface area contributed by atoms with Crippen molar-refractivity contribution in [1.29, 1.82) is 0 Å². The van der Waals surface area contributed by atoms with Gasteiger partial charge in [0.15, 0.2) is 0 Å². The predicted molar refractivity (Wildman–Crippen MR) is 134 cm³/mol. The van der Waals surface area contributed by atoms with Crippen molar-refractivity contribution in [3.8, 4) is 0 Å². The second kappa shape index (κ2) is 5.58. The maximum Gasteiger partial charge on any atom is 0.295 e. The van der Waals surface area contributed by atoms with Crippen LogP contribution in [0.4, 0.5) is 0 Å². The van der Waals surface area contributed by atoms with E-state index in [0.717, 1.165) is 0 Å². The molecule has 0 bridgehead atoms. The fourth-order valence-electron chi connectivity index (χ4n) is 6.19. The minimum atomic E-state index is -0.254. The Kier molecular flexibility index (Phi) is 3.13. The van der Waals surface area contributed by atoms with Crippen LogP contribution in [0, 0.1) is 0 Å². The van der Waals surface area contributed by atoms with E-state index in [1.54, 1.807) is 0 Å². The number of allylic oxidation sites excluding steroid dienone is 1. The lowest BCUT2D eigenvalue weighted by molar-refractivity contribution is -0.735. The zero-order valence-corrected chi connectivity index (χ0v) is 18.7. The van der Waals surface area contributed by atoms with E-state index >= 15 is 0 Å². The Hall–Kier alpha value is -3.65. The lowest BCUT2D eigenvalue weighted by Gasteiger charge is -2.43.